The van der Waals surface area contributed by atoms with Crippen molar-refractivity contribution in [2.24, 2.45) is 0 Å². The predicted octanol–water partition coefficient (Wildman–Crippen LogP) is 4.09. The van der Waals surface area contributed by atoms with Crippen LogP contribution in [-0.2, 0) is 9.53 Å². The quantitative estimate of drug-likeness (QED) is 0.417. The maximum atomic E-state index is 12.1. The number of carbonyl (C=O) groups is 2. The van der Waals surface area contributed by atoms with Gasteiger partial charge in [-0.05, 0) is 60.0 Å². The summed E-state index contributed by atoms with van der Waals surface area (Å²) in [5, 5.41) is 5.92. The van der Waals surface area contributed by atoms with Crippen molar-refractivity contribution in [1.82, 2.24) is 15.5 Å². The highest BCUT2D eigenvalue weighted by molar-refractivity contribution is 5.75. The molecule has 0 radical (unpaired) electrons. The Morgan fingerprint density at radius 2 is 1.41 bits per heavy atom. The van der Waals surface area contributed by atoms with Crippen LogP contribution in [0.15, 0.2) is 0 Å². The van der Waals surface area contributed by atoms with Gasteiger partial charge in [0.1, 0.15) is 5.60 Å². The van der Waals surface area contributed by atoms with E-state index in [9.17, 15) is 9.59 Å². The Hall–Kier alpha value is -1.30. The molecule has 0 bridgehead atoms. The molecule has 0 aromatic heterocycles. The fourth-order valence-corrected chi connectivity index (χ4v) is 2.76. The molecule has 0 aliphatic heterocycles. The molecule has 0 saturated heterocycles. The summed E-state index contributed by atoms with van der Waals surface area (Å²) in [6, 6.07) is 0. The smallest absolute Gasteiger partial charge is 0.407 e. The van der Waals surface area contributed by atoms with Gasteiger partial charge in [0.15, 0.2) is 0 Å². The van der Waals surface area contributed by atoms with E-state index < -0.39 is 5.60 Å². The lowest BCUT2D eigenvalue weighted by Crippen LogP contribution is -2.33. The Morgan fingerprint density at radius 1 is 0.852 bits per heavy atom. The van der Waals surface area contributed by atoms with Gasteiger partial charge in [-0.15, -0.1) is 0 Å². The average molecular weight is 386 g/mol. The topological polar surface area (TPSA) is 70.7 Å². The van der Waals surface area contributed by atoms with E-state index in [0.717, 1.165) is 38.8 Å². The highest BCUT2D eigenvalue weighted by Crippen LogP contribution is 2.08. The Labute approximate surface area is 166 Å². The molecule has 0 aliphatic carbocycles. The van der Waals surface area contributed by atoms with Gasteiger partial charge in [-0.1, -0.05) is 32.1 Å². The molecule has 0 aromatic carbocycles. The molecular formula is C21H43N3O3. The van der Waals surface area contributed by atoms with Gasteiger partial charge in [-0.25, -0.2) is 4.79 Å². The van der Waals surface area contributed by atoms with Crippen molar-refractivity contribution in [2.45, 2.75) is 90.6 Å². The molecule has 6 nitrogen and oxygen atoms in total. The number of rotatable bonds is 15. The largest absolute Gasteiger partial charge is 0.444 e. The molecule has 0 aromatic rings. The number of nitrogens with one attached hydrogen (secondary N) is 2. The number of carbonyl (C=O) groups excluding carboxylic acids is 2. The van der Waals surface area contributed by atoms with Crippen LogP contribution in [-0.4, -0.2) is 56.2 Å². The maximum Gasteiger partial charge on any atom is 0.407 e. The van der Waals surface area contributed by atoms with Crippen molar-refractivity contribution < 1.29 is 14.3 Å². The zero-order valence-electron chi connectivity index (χ0n) is 18.4. The normalized spacial score (nSPS) is 11.3. The minimum atomic E-state index is -0.465. The zero-order chi connectivity index (χ0) is 20.5. The minimum Gasteiger partial charge on any atom is -0.444 e. The Kier molecular flexibility index (Phi) is 15.0. The van der Waals surface area contributed by atoms with Crippen LogP contribution in [0, 0.1) is 0 Å². The van der Waals surface area contributed by atoms with Crippen LogP contribution in [0.4, 0.5) is 4.79 Å². The van der Waals surface area contributed by atoms with Crippen LogP contribution in [0.3, 0.4) is 0 Å². The summed E-state index contributed by atoms with van der Waals surface area (Å²) < 4.78 is 5.18. The second-order valence-corrected chi connectivity index (χ2v) is 8.28. The number of amides is 2. The van der Waals surface area contributed by atoms with E-state index in [1.54, 1.807) is 0 Å². The van der Waals surface area contributed by atoms with Crippen molar-refractivity contribution in [2.75, 3.05) is 33.7 Å². The van der Waals surface area contributed by atoms with Gasteiger partial charge in [0.2, 0.25) is 5.91 Å². The Bertz CT molecular complexity index is 395. The first kappa shape index (κ1) is 25.7. The van der Waals surface area contributed by atoms with E-state index in [4.69, 9.17) is 4.74 Å². The van der Waals surface area contributed by atoms with Crippen LogP contribution in [0.25, 0.3) is 0 Å². The van der Waals surface area contributed by atoms with Gasteiger partial charge in [0.05, 0.1) is 0 Å². The predicted molar refractivity (Wildman–Crippen MR) is 112 cm³/mol. The molecule has 27 heavy (non-hydrogen) atoms. The first-order valence-corrected chi connectivity index (χ1v) is 10.6. The molecule has 6 heteroatoms. The number of unbranched alkanes of at least 4 members (excludes halogenated alkanes) is 7. The third kappa shape index (κ3) is 17.9. The average Bonchev–Trinajstić information content (AvgIpc) is 2.58. The number of hydrogen-bond donors (Lipinski definition) is 2. The minimum absolute atomic E-state index is 0.226. The standard InChI is InChI=1S/C21H43N3O3/c1-21(2,3)27-20(26)23-17-13-10-11-15-19(25)24(5)18-14-9-7-6-8-12-16-22-4/h22H,6-18H2,1-5H3,(H,23,26). The number of ether oxygens (including phenoxy) is 1. The molecule has 0 rings (SSSR count). The van der Waals surface area contributed by atoms with Crippen LogP contribution >= 0.6 is 0 Å². The summed E-state index contributed by atoms with van der Waals surface area (Å²) in [6.45, 7) is 8.09. The molecule has 0 fully saturated rings. The van der Waals surface area contributed by atoms with E-state index in [1.165, 1.54) is 32.1 Å². The lowest BCUT2D eigenvalue weighted by molar-refractivity contribution is -0.130. The van der Waals surface area contributed by atoms with Crippen molar-refractivity contribution in [3.05, 3.63) is 0 Å². The van der Waals surface area contributed by atoms with Crippen molar-refractivity contribution >= 4 is 12.0 Å². The third-order valence-corrected chi connectivity index (χ3v) is 4.33. The fraction of sp³-hybridized carbons (Fsp3) is 0.905. The number of alkyl carbamates (subject to hydrolysis) is 1. The highest BCUT2D eigenvalue weighted by atomic mass is 16.6. The van der Waals surface area contributed by atoms with Gasteiger partial charge >= 0.3 is 6.09 Å². The molecule has 0 spiro atoms. The lowest BCUT2D eigenvalue weighted by Gasteiger charge is -2.19. The van der Waals surface area contributed by atoms with Crippen LogP contribution < -0.4 is 10.6 Å². The molecule has 0 atom stereocenters. The van der Waals surface area contributed by atoms with E-state index in [2.05, 4.69) is 10.6 Å². The fourth-order valence-electron chi connectivity index (χ4n) is 2.76. The molecular weight excluding hydrogens is 342 g/mol. The summed E-state index contributed by atoms with van der Waals surface area (Å²) in [5.41, 5.74) is -0.465. The van der Waals surface area contributed by atoms with Crippen LogP contribution in [0.5, 0.6) is 0 Å². The second-order valence-electron chi connectivity index (χ2n) is 8.28. The second kappa shape index (κ2) is 15.7. The maximum absolute atomic E-state index is 12.1. The molecule has 2 N–H and O–H groups in total. The molecule has 2 amide bonds. The van der Waals surface area contributed by atoms with Gasteiger partial charge in [0.25, 0.3) is 0 Å². The molecule has 0 saturated carbocycles. The van der Waals surface area contributed by atoms with Gasteiger partial charge in [0, 0.05) is 26.6 Å². The van der Waals surface area contributed by atoms with Crippen LogP contribution in [0.2, 0.25) is 0 Å². The number of hydrogen-bond acceptors (Lipinski definition) is 4. The third-order valence-electron chi connectivity index (χ3n) is 4.33. The Morgan fingerprint density at radius 3 is 2.04 bits per heavy atom. The Balaban J connectivity index is 3.52. The van der Waals surface area contributed by atoms with Gasteiger partial charge < -0.3 is 20.3 Å². The zero-order valence-corrected chi connectivity index (χ0v) is 18.4. The lowest BCUT2D eigenvalue weighted by atomic mass is 10.1. The summed E-state index contributed by atoms with van der Waals surface area (Å²) in [7, 11) is 3.90. The van der Waals surface area contributed by atoms with Crippen molar-refractivity contribution in [3.8, 4) is 0 Å². The van der Waals surface area contributed by atoms with Crippen LogP contribution in [0.1, 0.15) is 85.0 Å². The first-order valence-electron chi connectivity index (χ1n) is 10.6. The SMILES string of the molecule is CNCCCCCCCCN(C)C(=O)CCCCCNC(=O)OC(C)(C)C. The summed E-state index contributed by atoms with van der Waals surface area (Å²) in [6.07, 6.45) is 10.3. The first-order chi connectivity index (χ1) is 12.8. The van der Waals surface area contributed by atoms with E-state index in [-0.39, 0.29) is 12.0 Å². The monoisotopic (exact) mass is 385 g/mol. The molecule has 0 heterocycles. The van der Waals surface area contributed by atoms with E-state index in [0.29, 0.717) is 13.0 Å². The summed E-state index contributed by atoms with van der Waals surface area (Å²) in [4.78, 5) is 25.5. The highest BCUT2D eigenvalue weighted by Gasteiger charge is 2.15. The van der Waals surface area contributed by atoms with E-state index >= 15 is 0 Å². The van der Waals surface area contributed by atoms with E-state index in [1.807, 2.05) is 39.8 Å². The van der Waals surface area contributed by atoms with Gasteiger partial charge in [-0.3, -0.25) is 4.79 Å². The molecule has 160 valence electrons. The molecule has 0 unspecified atom stereocenters. The van der Waals surface area contributed by atoms with Gasteiger partial charge in [-0.2, -0.15) is 0 Å². The number of nitrogens with zero attached hydrogens (tertiary/aromatic N) is 1. The van der Waals surface area contributed by atoms with Crippen molar-refractivity contribution in [3.63, 3.8) is 0 Å². The summed E-state index contributed by atoms with van der Waals surface area (Å²) >= 11 is 0. The van der Waals surface area contributed by atoms with Crippen molar-refractivity contribution in [1.29, 1.82) is 0 Å². The molecule has 0 aliphatic rings. The summed E-state index contributed by atoms with van der Waals surface area (Å²) in [5.74, 6) is 0.226.